The fourth-order valence-corrected chi connectivity index (χ4v) is 4.66. The molecule has 2 unspecified atom stereocenters. The fraction of sp³-hybridized carbons (Fsp3) is 0.923. The number of rotatable bonds is 4. The zero-order valence-corrected chi connectivity index (χ0v) is 13.5. The van der Waals surface area contributed by atoms with Crippen molar-refractivity contribution >= 4 is 16.2 Å². The molecule has 2 aliphatic heterocycles. The lowest BCUT2D eigenvalue weighted by atomic mass is 9.98. The van der Waals surface area contributed by atoms with Crippen molar-refractivity contribution in [3.8, 4) is 0 Å². The van der Waals surface area contributed by atoms with E-state index < -0.39 is 10.2 Å². The molecule has 2 aliphatic rings. The monoisotopic (exact) mass is 319 g/mol. The van der Waals surface area contributed by atoms with Crippen molar-refractivity contribution in [3.05, 3.63) is 0 Å². The van der Waals surface area contributed by atoms with Crippen LogP contribution >= 0.6 is 0 Å². The predicted molar refractivity (Wildman–Crippen MR) is 78.6 cm³/mol. The highest BCUT2D eigenvalue weighted by Crippen LogP contribution is 2.25. The molecule has 122 valence electrons. The molecule has 2 rings (SSSR count). The average molecular weight is 319 g/mol. The molecule has 2 N–H and O–H groups in total. The lowest BCUT2D eigenvalue weighted by Crippen LogP contribution is -2.47. The van der Waals surface area contributed by atoms with E-state index >= 15 is 0 Å². The zero-order valence-electron chi connectivity index (χ0n) is 12.7. The van der Waals surface area contributed by atoms with Gasteiger partial charge in [-0.1, -0.05) is 6.92 Å². The van der Waals surface area contributed by atoms with Crippen molar-refractivity contribution in [1.82, 2.24) is 8.61 Å². The summed E-state index contributed by atoms with van der Waals surface area (Å²) in [5.41, 5.74) is 5.90. The number of esters is 1. The third-order valence-corrected chi connectivity index (χ3v) is 6.33. The Morgan fingerprint density at radius 1 is 1.24 bits per heavy atom. The number of hydrogen-bond donors (Lipinski definition) is 1. The summed E-state index contributed by atoms with van der Waals surface area (Å²) >= 11 is 0. The van der Waals surface area contributed by atoms with Gasteiger partial charge in [0.1, 0.15) is 0 Å². The Kier molecular flexibility index (Phi) is 5.24. The fourth-order valence-electron chi connectivity index (χ4n) is 2.88. The van der Waals surface area contributed by atoms with E-state index in [4.69, 9.17) is 10.5 Å². The number of nitrogens with zero attached hydrogens (tertiary/aromatic N) is 2. The van der Waals surface area contributed by atoms with Crippen LogP contribution in [0.25, 0.3) is 0 Å². The molecule has 8 heteroatoms. The van der Waals surface area contributed by atoms with Crippen molar-refractivity contribution < 1.29 is 17.9 Å². The first-order chi connectivity index (χ1) is 9.86. The van der Waals surface area contributed by atoms with Crippen LogP contribution < -0.4 is 5.73 Å². The summed E-state index contributed by atoms with van der Waals surface area (Å²) in [5.74, 6) is -0.223. The number of nitrogens with two attached hydrogens (primary N) is 1. The Morgan fingerprint density at radius 2 is 1.86 bits per heavy atom. The van der Waals surface area contributed by atoms with E-state index in [9.17, 15) is 13.2 Å². The summed E-state index contributed by atoms with van der Waals surface area (Å²) in [6.07, 6.45) is 1.04. The van der Waals surface area contributed by atoms with E-state index in [2.05, 4.69) is 0 Å². The van der Waals surface area contributed by atoms with Gasteiger partial charge in [-0.3, -0.25) is 4.79 Å². The molecule has 0 radical (unpaired) electrons. The summed E-state index contributed by atoms with van der Waals surface area (Å²) in [4.78, 5) is 11.7. The molecule has 0 spiro atoms. The Labute approximate surface area is 126 Å². The van der Waals surface area contributed by atoms with Gasteiger partial charge in [-0.2, -0.15) is 17.0 Å². The average Bonchev–Trinajstić information content (AvgIpc) is 2.80. The van der Waals surface area contributed by atoms with Gasteiger partial charge in [0.05, 0.1) is 12.5 Å². The Morgan fingerprint density at radius 3 is 2.33 bits per heavy atom. The van der Waals surface area contributed by atoms with Crippen LogP contribution in [0.3, 0.4) is 0 Å². The van der Waals surface area contributed by atoms with Crippen molar-refractivity contribution in [2.75, 3.05) is 32.8 Å². The molecule has 0 aromatic heterocycles. The third-order valence-electron chi connectivity index (χ3n) is 4.36. The second-order valence-electron chi connectivity index (χ2n) is 5.89. The van der Waals surface area contributed by atoms with Gasteiger partial charge in [0, 0.05) is 32.2 Å². The van der Waals surface area contributed by atoms with Gasteiger partial charge in [-0.15, -0.1) is 0 Å². The molecular formula is C13H25N3O4S. The molecule has 0 aromatic carbocycles. The van der Waals surface area contributed by atoms with E-state index in [-0.39, 0.29) is 23.8 Å². The van der Waals surface area contributed by atoms with E-state index in [1.165, 1.54) is 8.61 Å². The highest BCUT2D eigenvalue weighted by molar-refractivity contribution is 7.86. The molecule has 0 aliphatic carbocycles. The molecular weight excluding hydrogens is 294 g/mol. The Bertz CT molecular complexity index is 464. The summed E-state index contributed by atoms with van der Waals surface area (Å²) in [6, 6.07) is -0.100. The van der Waals surface area contributed by atoms with E-state index in [0.29, 0.717) is 45.6 Å². The number of ether oxygens (including phenoxy) is 1. The van der Waals surface area contributed by atoms with Crippen molar-refractivity contribution in [1.29, 1.82) is 0 Å². The predicted octanol–water partition coefficient (Wildman–Crippen LogP) is -0.215. The second kappa shape index (κ2) is 6.60. The van der Waals surface area contributed by atoms with Crippen LogP contribution in [0, 0.1) is 11.8 Å². The van der Waals surface area contributed by atoms with Crippen molar-refractivity contribution in [2.45, 2.75) is 32.7 Å². The first kappa shape index (κ1) is 16.7. The van der Waals surface area contributed by atoms with Crippen LogP contribution in [-0.4, -0.2) is 61.8 Å². The minimum atomic E-state index is -3.45. The lowest BCUT2D eigenvalue weighted by Gasteiger charge is -2.32. The van der Waals surface area contributed by atoms with E-state index in [1.54, 1.807) is 6.92 Å². The molecule has 0 aromatic rings. The molecule has 0 saturated carbocycles. The lowest BCUT2D eigenvalue weighted by molar-refractivity contribution is -0.149. The smallest absolute Gasteiger partial charge is 0.309 e. The maximum absolute atomic E-state index is 12.6. The van der Waals surface area contributed by atoms with E-state index in [1.807, 2.05) is 6.92 Å². The molecule has 2 atom stereocenters. The molecule has 21 heavy (non-hydrogen) atoms. The van der Waals surface area contributed by atoms with Gasteiger partial charge in [0.15, 0.2) is 0 Å². The van der Waals surface area contributed by atoms with Gasteiger partial charge in [0.2, 0.25) is 0 Å². The number of piperidine rings is 1. The Hall–Kier alpha value is -0.700. The van der Waals surface area contributed by atoms with Gasteiger partial charge >= 0.3 is 5.97 Å². The molecule has 0 amide bonds. The summed E-state index contributed by atoms with van der Waals surface area (Å²) in [6.45, 7) is 5.68. The number of carbonyl (C=O) groups excluding carboxylic acids is 1. The maximum atomic E-state index is 12.6. The minimum absolute atomic E-state index is 0.100. The summed E-state index contributed by atoms with van der Waals surface area (Å²) in [7, 11) is -3.45. The molecule has 7 nitrogen and oxygen atoms in total. The van der Waals surface area contributed by atoms with E-state index in [0.717, 1.165) is 0 Å². The number of carbonyl (C=O) groups is 1. The Balaban J connectivity index is 1.94. The topological polar surface area (TPSA) is 92.9 Å². The standard InChI is InChI=1S/C13H25N3O4S/c1-3-20-13(17)11-4-6-15(7-5-11)21(18,19)16-8-10(2)12(14)9-16/h10-12H,3-9,14H2,1-2H3. The van der Waals surface area contributed by atoms with Crippen LogP contribution in [-0.2, 0) is 19.7 Å². The molecule has 0 bridgehead atoms. The van der Waals surface area contributed by atoms with Gasteiger partial charge in [-0.25, -0.2) is 0 Å². The zero-order chi connectivity index (χ0) is 15.6. The van der Waals surface area contributed by atoms with Gasteiger partial charge in [0.25, 0.3) is 10.2 Å². The van der Waals surface area contributed by atoms with Gasteiger partial charge in [-0.05, 0) is 25.7 Å². The highest BCUT2D eigenvalue weighted by Gasteiger charge is 2.40. The second-order valence-corrected chi connectivity index (χ2v) is 7.82. The molecule has 2 heterocycles. The van der Waals surface area contributed by atoms with Crippen LogP contribution in [0.2, 0.25) is 0 Å². The first-order valence-corrected chi connectivity index (χ1v) is 8.93. The summed E-state index contributed by atoms with van der Waals surface area (Å²) in [5, 5.41) is 0. The molecule has 2 fully saturated rings. The highest BCUT2D eigenvalue weighted by atomic mass is 32.2. The van der Waals surface area contributed by atoms with Crippen molar-refractivity contribution in [3.63, 3.8) is 0 Å². The minimum Gasteiger partial charge on any atom is -0.466 e. The normalized spacial score (nSPS) is 29.7. The van der Waals surface area contributed by atoms with Crippen LogP contribution in [0.5, 0.6) is 0 Å². The maximum Gasteiger partial charge on any atom is 0.309 e. The molecule has 2 saturated heterocycles. The third kappa shape index (κ3) is 3.56. The largest absolute Gasteiger partial charge is 0.466 e. The van der Waals surface area contributed by atoms with Crippen LogP contribution in [0.4, 0.5) is 0 Å². The quantitative estimate of drug-likeness (QED) is 0.724. The van der Waals surface area contributed by atoms with Crippen molar-refractivity contribution in [2.24, 2.45) is 17.6 Å². The van der Waals surface area contributed by atoms with Crippen LogP contribution in [0.1, 0.15) is 26.7 Å². The first-order valence-electron chi connectivity index (χ1n) is 7.53. The SMILES string of the molecule is CCOC(=O)C1CCN(S(=O)(=O)N2CC(C)C(N)C2)CC1. The van der Waals surface area contributed by atoms with Crippen LogP contribution in [0.15, 0.2) is 0 Å². The number of hydrogen-bond acceptors (Lipinski definition) is 5. The van der Waals surface area contributed by atoms with Gasteiger partial charge < -0.3 is 10.5 Å². The summed E-state index contributed by atoms with van der Waals surface area (Å²) < 4.78 is 33.1.